The molecule has 126 valence electrons. The normalized spacial score (nSPS) is 10.3. The lowest BCUT2D eigenvalue weighted by Gasteiger charge is -2.12. The Morgan fingerprint density at radius 2 is 1.75 bits per heavy atom. The van der Waals surface area contributed by atoms with Crippen molar-refractivity contribution >= 4 is 17.6 Å². The largest absolute Gasteiger partial charge is 0.379 e. The smallest absolute Gasteiger partial charge is 0.280 e. The van der Waals surface area contributed by atoms with Gasteiger partial charge >= 0.3 is 0 Å². The number of amides is 1. The summed E-state index contributed by atoms with van der Waals surface area (Å²) < 4.78 is 0. The highest BCUT2D eigenvalue weighted by Crippen LogP contribution is 2.19. The average Bonchev–Trinajstić information content (AvgIpc) is 2.50. The number of aliphatic imine (C=N–C) groups is 1. The number of carbonyl (C=O) groups excluding carboxylic acids is 1. The number of rotatable bonds is 4. The zero-order chi connectivity index (χ0) is 17.9. The first-order chi connectivity index (χ1) is 11.3. The van der Waals surface area contributed by atoms with E-state index in [2.05, 4.69) is 20.3 Å². The topological polar surface area (TPSA) is 119 Å². The van der Waals surface area contributed by atoms with Gasteiger partial charge in [0.1, 0.15) is 0 Å². The van der Waals surface area contributed by atoms with Crippen LogP contribution >= 0.6 is 0 Å². The summed E-state index contributed by atoms with van der Waals surface area (Å²) in [6, 6.07) is 5.26. The molecule has 0 atom stereocenters. The number of hydrogen-bond donors (Lipinski definition) is 3. The summed E-state index contributed by atoms with van der Waals surface area (Å²) >= 11 is 0. The fourth-order valence-corrected chi connectivity index (χ4v) is 2.23. The minimum Gasteiger partial charge on any atom is -0.379 e. The molecule has 2 rings (SSSR count). The second kappa shape index (κ2) is 7.08. The summed E-state index contributed by atoms with van der Waals surface area (Å²) in [6.45, 7) is 8.28. The Balaban J connectivity index is 2.22. The van der Waals surface area contributed by atoms with Gasteiger partial charge in [0.2, 0.25) is 0 Å². The van der Waals surface area contributed by atoms with Gasteiger partial charge in [-0.15, -0.1) is 0 Å². The third kappa shape index (κ3) is 4.07. The number of aromatic nitrogens is 2. The number of nitrogens with zero attached hydrogens (tertiary/aromatic N) is 3. The molecule has 0 fully saturated rings. The molecule has 0 saturated heterocycles. The third-order valence-corrected chi connectivity index (χ3v) is 3.74. The highest BCUT2D eigenvalue weighted by Gasteiger charge is 2.09. The van der Waals surface area contributed by atoms with E-state index in [-0.39, 0.29) is 5.96 Å². The van der Waals surface area contributed by atoms with Crippen LogP contribution in [-0.2, 0) is 6.54 Å². The summed E-state index contributed by atoms with van der Waals surface area (Å²) in [5, 5.41) is 3.30. The molecular formula is C17H22N6O. The fraction of sp³-hybridized carbons (Fsp3) is 0.294. The lowest BCUT2D eigenvalue weighted by molar-refractivity contribution is 0.100. The highest BCUT2D eigenvalue weighted by molar-refractivity contribution is 6.02. The van der Waals surface area contributed by atoms with E-state index in [1.165, 1.54) is 0 Å². The van der Waals surface area contributed by atoms with E-state index >= 15 is 0 Å². The van der Waals surface area contributed by atoms with Gasteiger partial charge in [0.15, 0.2) is 5.96 Å². The minimum absolute atomic E-state index is 0.254. The number of hydrogen-bond acceptors (Lipinski definition) is 4. The Labute approximate surface area is 141 Å². The predicted molar refractivity (Wildman–Crippen MR) is 94.9 cm³/mol. The number of guanidine groups is 1. The summed E-state index contributed by atoms with van der Waals surface area (Å²) in [5.74, 6) is -0.726. The van der Waals surface area contributed by atoms with Gasteiger partial charge in [0, 0.05) is 11.3 Å². The molecule has 7 heteroatoms. The van der Waals surface area contributed by atoms with Gasteiger partial charge in [-0.2, -0.15) is 4.99 Å². The van der Waals surface area contributed by atoms with Crippen LogP contribution in [0.25, 0.3) is 0 Å². The van der Waals surface area contributed by atoms with Crippen molar-refractivity contribution in [2.24, 2.45) is 16.5 Å². The number of nitrogens with one attached hydrogen (secondary N) is 1. The van der Waals surface area contributed by atoms with E-state index in [0.717, 1.165) is 34.0 Å². The second-order valence-electron chi connectivity index (χ2n) is 5.65. The Kier molecular flexibility index (Phi) is 5.13. The lowest BCUT2D eigenvalue weighted by atomic mass is 10.1. The van der Waals surface area contributed by atoms with Crippen LogP contribution in [-0.4, -0.2) is 21.8 Å². The van der Waals surface area contributed by atoms with Gasteiger partial charge in [-0.25, -0.2) is 0 Å². The monoisotopic (exact) mass is 326 g/mol. The quantitative estimate of drug-likeness (QED) is 0.581. The summed E-state index contributed by atoms with van der Waals surface area (Å²) in [7, 11) is 0. The SMILES string of the molecule is Cc1ccc(C(=O)N=C(N)N)cc1NCc1nc(C)c(C)nc1C. The molecule has 1 aromatic carbocycles. The van der Waals surface area contributed by atoms with Crippen LogP contribution in [0, 0.1) is 27.7 Å². The van der Waals surface area contributed by atoms with Gasteiger partial charge in [-0.1, -0.05) is 6.07 Å². The van der Waals surface area contributed by atoms with Crippen molar-refractivity contribution in [3.05, 3.63) is 52.1 Å². The zero-order valence-electron chi connectivity index (χ0n) is 14.3. The van der Waals surface area contributed by atoms with Crippen LogP contribution in [0.5, 0.6) is 0 Å². The highest BCUT2D eigenvalue weighted by atomic mass is 16.1. The molecule has 1 amide bonds. The molecule has 1 aromatic heterocycles. The van der Waals surface area contributed by atoms with Crippen LogP contribution < -0.4 is 16.8 Å². The molecule has 0 aliphatic rings. The van der Waals surface area contributed by atoms with Crippen molar-refractivity contribution in [2.75, 3.05) is 5.32 Å². The van der Waals surface area contributed by atoms with Crippen LogP contribution in [0.2, 0.25) is 0 Å². The third-order valence-electron chi connectivity index (χ3n) is 3.74. The molecule has 0 aliphatic heterocycles. The molecule has 0 spiro atoms. The predicted octanol–water partition coefficient (Wildman–Crippen LogP) is 1.74. The van der Waals surface area contributed by atoms with E-state index in [0.29, 0.717) is 12.1 Å². The molecule has 2 aromatic rings. The molecule has 7 nitrogen and oxygen atoms in total. The molecule has 0 unspecified atom stereocenters. The van der Waals surface area contributed by atoms with Crippen LogP contribution in [0.1, 0.15) is 38.7 Å². The standard InChI is InChI=1S/C17H22N6O/c1-9-5-6-13(16(24)23-17(18)19)7-14(9)20-8-15-12(4)21-10(2)11(3)22-15/h5-7,20H,8H2,1-4H3,(H4,18,19,23,24). The van der Waals surface area contributed by atoms with Gasteiger partial charge in [0.05, 0.1) is 29.3 Å². The Bertz CT molecular complexity index is 809. The van der Waals surface area contributed by atoms with Crippen molar-refractivity contribution in [2.45, 2.75) is 34.2 Å². The van der Waals surface area contributed by atoms with E-state index in [9.17, 15) is 4.79 Å². The maximum absolute atomic E-state index is 11.9. The van der Waals surface area contributed by atoms with Gasteiger partial charge < -0.3 is 16.8 Å². The number of benzene rings is 1. The molecule has 5 N–H and O–H groups in total. The number of anilines is 1. The molecule has 0 bridgehead atoms. The van der Waals surface area contributed by atoms with E-state index in [4.69, 9.17) is 11.5 Å². The first kappa shape index (κ1) is 17.4. The van der Waals surface area contributed by atoms with E-state index in [1.54, 1.807) is 12.1 Å². The van der Waals surface area contributed by atoms with Crippen molar-refractivity contribution in [1.29, 1.82) is 0 Å². The molecule has 1 heterocycles. The second-order valence-corrected chi connectivity index (χ2v) is 5.65. The summed E-state index contributed by atoms with van der Waals surface area (Å²) in [4.78, 5) is 24.5. The van der Waals surface area contributed by atoms with E-state index < -0.39 is 5.91 Å². The minimum atomic E-state index is -0.472. The van der Waals surface area contributed by atoms with E-state index in [1.807, 2.05) is 33.8 Å². The van der Waals surface area contributed by atoms with Crippen molar-refractivity contribution < 1.29 is 4.79 Å². The van der Waals surface area contributed by atoms with Gasteiger partial charge in [0.25, 0.3) is 5.91 Å². The Morgan fingerprint density at radius 1 is 1.08 bits per heavy atom. The molecule has 0 saturated carbocycles. The van der Waals surface area contributed by atoms with Gasteiger partial charge in [-0.3, -0.25) is 14.8 Å². The maximum Gasteiger partial charge on any atom is 0.280 e. The number of nitrogens with two attached hydrogens (primary N) is 2. The summed E-state index contributed by atoms with van der Waals surface area (Å²) in [5.41, 5.74) is 16.3. The van der Waals surface area contributed by atoms with Crippen LogP contribution in [0.3, 0.4) is 0 Å². The van der Waals surface area contributed by atoms with Crippen molar-refractivity contribution in [3.8, 4) is 0 Å². The Morgan fingerprint density at radius 3 is 2.42 bits per heavy atom. The first-order valence-corrected chi connectivity index (χ1v) is 7.57. The molecule has 0 radical (unpaired) electrons. The van der Waals surface area contributed by atoms with Crippen LogP contribution in [0.4, 0.5) is 5.69 Å². The number of aryl methyl sites for hydroxylation is 4. The van der Waals surface area contributed by atoms with Gasteiger partial charge in [-0.05, 0) is 45.4 Å². The first-order valence-electron chi connectivity index (χ1n) is 7.57. The molecular weight excluding hydrogens is 304 g/mol. The van der Waals surface area contributed by atoms with Crippen LogP contribution in [0.15, 0.2) is 23.2 Å². The average molecular weight is 326 g/mol. The Hall–Kier alpha value is -2.96. The summed E-state index contributed by atoms with van der Waals surface area (Å²) in [6.07, 6.45) is 0. The maximum atomic E-state index is 11.9. The van der Waals surface area contributed by atoms with Crippen molar-refractivity contribution in [1.82, 2.24) is 9.97 Å². The number of carbonyl (C=O) groups is 1. The lowest BCUT2D eigenvalue weighted by Crippen LogP contribution is -2.24. The fourth-order valence-electron chi connectivity index (χ4n) is 2.23. The zero-order valence-corrected chi connectivity index (χ0v) is 14.3. The molecule has 0 aliphatic carbocycles. The molecule has 24 heavy (non-hydrogen) atoms. The van der Waals surface area contributed by atoms with Crippen molar-refractivity contribution in [3.63, 3.8) is 0 Å².